The fourth-order valence-electron chi connectivity index (χ4n) is 1.75. The normalized spacial score (nSPS) is 15.4. The number of anilines is 1. The molecule has 1 amide bonds. The van der Waals surface area contributed by atoms with Gasteiger partial charge in [0.15, 0.2) is 5.69 Å². The molecule has 1 saturated heterocycles. The van der Waals surface area contributed by atoms with E-state index in [2.05, 4.69) is 15.2 Å². The summed E-state index contributed by atoms with van der Waals surface area (Å²) in [6.07, 6.45) is 1.59. The van der Waals surface area contributed by atoms with Crippen molar-refractivity contribution in [2.45, 2.75) is 0 Å². The number of carbonyl (C=O) groups excluding carboxylic acids is 1. The minimum atomic E-state index is -0.468. The van der Waals surface area contributed by atoms with Crippen LogP contribution in [0.25, 0.3) is 0 Å². The molecule has 0 aliphatic carbocycles. The molecule has 3 N–H and O–H groups in total. The van der Waals surface area contributed by atoms with Crippen LogP contribution in [-0.2, 0) is 0 Å². The zero-order valence-electron chi connectivity index (χ0n) is 8.85. The van der Waals surface area contributed by atoms with E-state index in [1.54, 1.807) is 6.20 Å². The van der Waals surface area contributed by atoms with Gasteiger partial charge in [0.05, 0.1) is 5.69 Å². The van der Waals surface area contributed by atoms with Gasteiger partial charge in [0.1, 0.15) is 0 Å². The molecular weight excluding hydrogens is 228 g/mol. The van der Waals surface area contributed by atoms with Crippen LogP contribution in [0.2, 0.25) is 0 Å². The van der Waals surface area contributed by atoms with E-state index in [1.807, 2.05) is 12.1 Å². The lowest BCUT2D eigenvalue weighted by atomic mass is 10.2. The zero-order chi connectivity index (χ0) is 10.7. The maximum atomic E-state index is 11.2. The second-order valence-electron chi connectivity index (χ2n) is 3.47. The quantitative estimate of drug-likeness (QED) is 0.767. The van der Waals surface area contributed by atoms with Gasteiger partial charge < -0.3 is 16.0 Å². The van der Waals surface area contributed by atoms with Gasteiger partial charge in [-0.1, -0.05) is 0 Å². The Kier molecular flexibility index (Phi) is 4.52. The molecule has 6 heteroatoms. The monoisotopic (exact) mass is 242 g/mol. The second-order valence-corrected chi connectivity index (χ2v) is 3.47. The van der Waals surface area contributed by atoms with Crippen molar-refractivity contribution in [1.82, 2.24) is 10.3 Å². The van der Waals surface area contributed by atoms with Crippen molar-refractivity contribution in [3.63, 3.8) is 0 Å². The van der Waals surface area contributed by atoms with Crippen LogP contribution in [0.5, 0.6) is 0 Å². The summed E-state index contributed by atoms with van der Waals surface area (Å²) >= 11 is 0. The Labute approximate surface area is 100 Å². The fraction of sp³-hybridized carbons (Fsp3) is 0.400. The third-order valence-electron chi connectivity index (χ3n) is 2.48. The number of pyridine rings is 1. The number of nitrogens with two attached hydrogens (primary N) is 1. The molecule has 0 radical (unpaired) electrons. The Hall–Kier alpha value is -1.33. The molecule has 2 rings (SSSR count). The van der Waals surface area contributed by atoms with Crippen LogP contribution < -0.4 is 16.0 Å². The average molecular weight is 243 g/mol. The molecule has 16 heavy (non-hydrogen) atoms. The van der Waals surface area contributed by atoms with Gasteiger partial charge in [0.25, 0.3) is 5.91 Å². The maximum absolute atomic E-state index is 11.2. The van der Waals surface area contributed by atoms with Crippen LogP contribution in [0.15, 0.2) is 18.3 Å². The van der Waals surface area contributed by atoms with E-state index < -0.39 is 5.91 Å². The molecular formula is C10H15ClN4O. The van der Waals surface area contributed by atoms with Crippen molar-refractivity contribution in [3.05, 3.63) is 24.0 Å². The van der Waals surface area contributed by atoms with E-state index in [4.69, 9.17) is 5.73 Å². The number of nitrogens with one attached hydrogen (secondary N) is 1. The molecule has 0 unspecified atom stereocenters. The lowest BCUT2D eigenvalue weighted by molar-refractivity contribution is 0.0996. The predicted octanol–water partition coefficient (Wildman–Crippen LogP) is 0.0119. The highest BCUT2D eigenvalue weighted by molar-refractivity contribution is 5.96. The third kappa shape index (κ3) is 2.62. The van der Waals surface area contributed by atoms with Crippen molar-refractivity contribution < 1.29 is 4.79 Å². The van der Waals surface area contributed by atoms with Gasteiger partial charge in [0, 0.05) is 32.4 Å². The number of halogens is 1. The van der Waals surface area contributed by atoms with Gasteiger partial charge in [-0.3, -0.25) is 4.79 Å². The van der Waals surface area contributed by atoms with E-state index in [0.717, 1.165) is 31.9 Å². The second kappa shape index (κ2) is 5.67. The van der Waals surface area contributed by atoms with Crippen molar-refractivity contribution in [1.29, 1.82) is 0 Å². The summed E-state index contributed by atoms with van der Waals surface area (Å²) in [5, 5.41) is 3.25. The largest absolute Gasteiger partial charge is 0.367 e. The maximum Gasteiger partial charge on any atom is 0.269 e. The minimum absolute atomic E-state index is 0. The molecule has 1 aromatic heterocycles. The third-order valence-corrected chi connectivity index (χ3v) is 2.48. The molecule has 1 fully saturated rings. The number of aromatic nitrogens is 1. The Bertz CT molecular complexity index is 366. The summed E-state index contributed by atoms with van der Waals surface area (Å²) < 4.78 is 0. The standard InChI is InChI=1S/C10H14N4O.ClH/c11-10(15)9-8(2-1-3-13-9)14-6-4-12-5-7-14;/h1-3,12H,4-7H2,(H2,11,15);1H. The zero-order valence-corrected chi connectivity index (χ0v) is 9.67. The van der Waals surface area contributed by atoms with Crippen molar-refractivity contribution >= 4 is 24.0 Å². The molecule has 1 aliphatic rings. The fourth-order valence-corrected chi connectivity index (χ4v) is 1.75. The highest BCUT2D eigenvalue weighted by Crippen LogP contribution is 2.17. The number of hydrogen-bond donors (Lipinski definition) is 2. The molecule has 0 bridgehead atoms. The summed E-state index contributed by atoms with van der Waals surface area (Å²) in [5.41, 5.74) is 6.48. The molecule has 1 aliphatic heterocycles. The van der Waals surface area contributed by atoms with Gasteiger partial charge in [0.2, 0.25) is 0 Å². The Morgan fingerprint density at radius 3 is 2.75 bits per heavy atom. The van der Waals surface area contributed by atoms with Crippen LogP contribution in [0.3, 0.4) is 0 Å². The molecule has 88 valence electrons. The first-order valence-corrected chi connectivity index (χ1v) is 4.99. The van der Waals surface area contributed by atoms with Crippen LogP contribution in [-0.4, -0.2) is 37.1 Å². The highest BCUT2D eigenvalue weighted by atomic mass is 35.5. The number of carbonyl (C=O) groups is 1. The van der Waals surface area contributed by atoms with Crippen molar-refractivity contribution in [2.75, 3.05) is 31.1 Å². The first-order valence-electron chi connectivity index (χ1n) is 4.99. The smallest absolute Gasteiger partial charge is 0.269 e. The van der Waals surface area contributed by atoms with E-state index >= 15 is 0 Å². The van der Waals surface area contributed by atoms with Gasteiger partial charge in [-0.05, 0) is 12.1 Å². The number of rotatable bonds is 2. The summed E-state index contributed by atoms with van der Waals surface area (Å²) in [7, 11) is 0. The van der Waals surface area contributed by atoms with Crippen LogP contribution in [0, 0.1) is 0 Å². The number of amides is 1. The molecule has 0 saturated carbocycles. The Morgan fingerprint density at radius 2 is 2.12 bits per heavy atom. The molecule has 2 heterocycles. The predicted molar refractivity (Wildman–Crippen MR) is 65.1 cm³/mol. The van der Waals surface area contributed by atoms with E-state index in [9.17, 15) is 4.79 Å². The lowest BCUT2D eigenvalue weighted by Crippen LogP contribution is -2.44. The minimum Gasteiger partial charge on any atom is -0.367 e. The molecule has 0 atom stereocenters. The average Bonchev–Trinajstić information content (AvgIpc) is 2.30. The molecule has 1 aromatic rings. The first-order chi connectivity index (χ1) is 7.29. The van der Waals surface area contributed by atoms with Gasteiger partial charge in [-0.15, -0.1) is 12.4 Å². The number of hydrogen-bond acceptors (Lipinski definition) is 4. The van der Waals surface area contributed by atoms with E-state index in [0.29, 0.717) is 5.69 Å². The summed E-state index contributed by atoms with van der Waals surface area (Å²) in [6, 6.07) is 3.71. The van der Waals surface area contributed by atoms with Crippen LogP contribution in [0.4, 0.5) is 5.69 Å². The van der Waals surface area contributed by atoms with Crippen molar-refractivity contribution in [2.24, 2.45) is 5.73 Å². The van der Waals surface area contributed by atoms with Gasteiger partial charge in [-0.2, -0.15) is 0 Å². The first kappa shape index (κ1) is 12.7. The van der Waals surface area contributed by atoms with Crippen LogP contribution >= 0.6 is 12.4 Å². The highest BCUT2D eigenvalue weighted by Gasteiger charge is 2.17. The molecule has 5 nitrogen and oxygen atoms in total. The molecule has 0 aromatic carbocycles. The van der Waals surface area contributed by atoms with Crippen LogP contribution in [0.1, 0.15) is 10.5 Å². The number of piperazine rings is 1. The lowest BCUT2D eigenvalue weighted by Gasteiger charge is -2.30. The SMILES string of the molecule is Cl.NC(=O)c1ncccc1N1CCNCC1. The number of nitrogens with zero attached hydrogens (tertiary/aromatic N) is 2. The van der Waals surface area contributed by atoms with Gasteiger partial charge >= 0.3 is 0 Å². The summed E-state index contributed by atoms with van der Waals surface area (Å²) in [6.45, 7) is 3.61. The van der Waals surface area contributed by atoms with Gasteiger partial charge in [-0.25, -0.2) is 4.98 Å². The van der Waals surface area contributed by atoms with E-state index in [-0.39, 0.29) is 12.4 Å². The van der Waals surface area contributed by atoms with E-state index in [1.165, 1.54) is 0 Å². The Balaban J connectivity index is 0.00000128. The summed E-state index contributed by atoms with van der Waals surface area (Å²) in [5.74, 6) is -0.468. The van der Waals surface area contributed by atoms with Crippen molar-refractivity contribution in [3.8, 4) is 0 Å². The topological polar surface area (TPSA) is 71.2 Å². The molecule has 0 spiro atoms. The summed E-state index contributed by atoms with van der Waals surface area (Å²) in [4.78, 5) is 17.3. The Morgan fingerprint density at radius 1 is 1.44 bits per heavy atom. The number of primary amides is 1.